The zero-order valence-corrected chi connectivity index (χ0v) is 9.26. The maximum absolute atomic E-state index is 10.7. The van der Waals surface area contributed by atoms with Gasteiger partial charge in [-0.25, -0.2) is 0 Å². The van der Waals surface area contributed by atoms with E-state index in [0.29, 0.717) is 12.5 Å². The topological polar surface area (TPSA) is 35.5 Å². The van der Waals surface area contributed by atoms with Crippen LogP contribution in [0.3, 0.4) is 0 Å². The molecule has 3 nitrogen and oxygen atoms in total. The SMILES string of the molecule is CC(=O)OC[C@@H]1CCCC[C@H]1OCCl. The van der Waals surface area contributed by atoms with Gasteiger partial charge >= 0.3 is 5.97 Å². The van der Waals surface area contributed by atoms with Crippen LogP contribution in [0.2, 0.25) is 0 Å². The highest BCUT2D eigenvalue weighted by molar-refractivity contribution is 6.17. The molecule has 0 aromatic carbocycles. The van der Waals surface area contributed by atoms with Crippen LogP contribution in [0.25, 0.3) is 0 Å². The number of hydrogen-bond donors (Lipinski definition) is 0. The molecule has 0 saturated heterocycles. The average molecular weight is 221 g/mol. The van der Waals surface area contributed by atoms with Crippen molar-refractivity contribution in [3.8, 4) is 0 Å². The molecule has 14 heavy (non-hydrogen) atoms. The van der Waals surface area contributed by atoms with Crippen LogP contribution in [0.15, 0.2) is 0 Å². The third-order valence-corrected chi connectivity index (χ3v) is 2.74. The molecule has 82 valence electrons. The fourth-order valence-corrected chi connectivity index (χ4v) is 2.05. The molecule has 1 fully saturated rings. The molecule has 0 heterocycles. The fourth-order valence-electron chi connectivity index (χ4n) is 1.89. The molecule has 1 saturated carbocycles. The molecule has 4 heteroatoms. The fraction of sp³-hybridized carbons (Fsp3) is 0.900. The van der Waals surface area contributed by atoms with Crippen LogP contribution in [-0.4, -0.2) is 24.7 Å². The lowest BCUT2D eigenvalue weighted by Gasteiger charge is -2.30. The summed E-state index contributed by atoms with van der Waals surface area (Å²) in [4.78, 5) is 10.7. The zero-order chi connectivity index (χ0) is 10.4. The van der Waals surface area contributed by atoms with Crippen molar-refractivity contribution < 1.29 is 14.3 Å². The van der Waals surface area contributed by atoms with E-state index in [4.69, 9.17) is 21.1 Å². The van der Waals surface area contributed by atoms with Gasteiger partial charge in [-0.05, 0) is 12.8 Å². The number of carbonyl (C=O) groups is 1. The van der Waals surface area contributed by atoms with Crippen LogP contribution in [-0.2, 0) is 14.3 Å². The predicted octanol–water partition coefficient (Wildman–Crippen LogP) is 2.32. The van der Waals surface area contributed by atoms with E-state index >= 15 is 0 Å². The number of esters is 1. The minimum Gasteiger partial charge on any atom is -0.465 e. The van der Waals surface area contributed by atoms with Crippen LogP contribution in [0.5, 0.6) is 0 Å². The Morgan fingerprint density at radius 1 is 1.43 bits per heavy atom. The second-order valence-electron chi connectivity index (χ2n) is 3.66. The van der Waals surface area contributed by atoms with Crippen molar-refractivity contribution >= 4 is 17.6 Å². The summed E-state index contributed by atoms with van der Waals surface area (Å²) in [6.07, 6.45) is 4.63. The number of carbonyl (C=O) groups excluding carboxylic acids is 1. The van der Waals surface area contributed by atoms with Gasteiger partial charge in [0, 0.05) is 12.8 Å². The van der Waals surface area contributed by atoms with E-state index in [2.05, 4.69) is 0 Å². The Hall–Kier alpha value is -0.280. The highest BCUT2D eigenvalue weighted by atomic mass is 35.5. The standard InChI is InChI=1S/C10H17ClO3/c1-8(12)13-6-9-4-2-3-5-10(9)14-7-11/h9-10H,2-7H2,1H3/t9-,10+/m0/s1. The lowest BCUT2D eigenvalue weighted by atomic mass is 9.87. The zero-order valence-electron chi connectivity index (χ0n) is 8.50. The van der Waals surface area contributed by atoms with Crippen molar-refractivity contribution in [3.63, 3.8) is 0 Å². The smallest absolute Gasteiger partial charge is 0.302 e. The summed E-state index contributed by atoms with van der Waals surface area (Å²) in [6.45, 7) is 1.90. The van der Waals surface area contributed by atoms with Crippen molar-refractivity contribution in [1.29, 1.82) is 0 Å². The van der Waals surface area contributed by atoms with Crippen LogP contribution < -0.4 is 0 Å². The number of alkyl halides is 1. The number of rotatable bonds is 4. The van der Waals surface area contributed by atoms with Gasteiger partial charge in [-0.2, -0.15) is 0 Å². The van der Waals surface area contributed by atoms with Gasteiger partial charge in [0.25, 0.3) is 0 Å². The Morgan fingerprint density at radius 2 is 2.14 bits per heavy atom. The lowest BCUT2D eigenvalue weighted by Crippen LogP contribution is -2.31. The lowest BCUT2D eigenvalue weighted by molar-refractivity contribution is -0.144. The third-order valence-electron chi connectivity index (χ3n) is 2.62. The Balaban J connectivity index is 2.33. The molecule has 0 unspecified atom stereocenters. The Labute approximate surface area is 89.7 Å². The highest BCUT2D eigenvalue weighted by Gasteiger charge is 2.26. The number of halogens is 1. The molecule has 0 bridgehead atoms. The Kier molecular flexibility index (Phi) is 5.26. The van der Waals surface area contributed by atoms with E-state index < -0.39 is 0 Å². The molecule has 0 N–H and O–H groups in total. The van der Waals surface area contributed by atoms with Gasteiger partial charge < -0.3 is 9.47 Å². The van der Waals surface area contributed by atoms with E-state index in [0.717, 1.165) is 12.8 Å². The van der Waals surface area contributed by atoms with Gasteiger partial charge in [0.1, 0.15) is 6.07 Å². The van der Waals surface area contributed by atoms with Crippen molar-refractivity contribution in [2.24, 2.45) is 5.92 Å². The molecule has 0 radical (unpaired) electrons. The van der Waals surface area contributed by atoms with Crippen LogP contribution in [0, 0.1) is 5.92 Å². The largest absolute Gasteiger partial charge is 0.465 e. The van der Waals surface area contributed by atoms with Gasteiger partial charge in [-0.15, -0.1) is 0 Å². The second kappa shape index (κ2) is 6.25. The molecule has 2 atom stereocenters. The maximum atomic E-state index is 10.7. The molecule has 0 amide bonds. The number of ether oxygens (including phenoxy) is 2. The van der Waals surface area contributed by atoms with Crippen molar-refractivity contribution in [1.82, 2.24) is 0 Å². The van der Waals surface area contributed by atoms with E-state index in [1.54, 1.807) is 0 Å². The maximum Gasteiger partial charge on any atom is 0.302 e. The summed E-state index contributed by atoms with van der Waals surface area (Å²) in [7, 11) is 0. The highest BCUT2D eigenvalue weighted by Crippen LogP contribution is 2.27. The molecular formula is C10H17ClO3. The summed E-state index contributed by atoms with van der Waals surface area (Å²) in [6, 6.07) is 0.223. The second-order valence-corrected chi connectivity index (χ2v) is 3.88. The predicted molar refractivity (Wildman–Crippen MR) is 54.2 cm³/mol. The first-order valence-electron chi connectivity index (χ1n) is 5.05. The number of hydrogen-bond acceptors (Lipinski definition) is 3. The minimum absolute atomic E-state index is 0.167. The summed E-state index contributed by atoms with van der Waals surface area (Å²) >= 11 is 5.53. The molecular weight excluding hydrogens is 204 g/mol. The van der Waals surface area contributed by atoms with Crippen molar-refractivity contribution in [3.05, 3.63) is 0 Å². The van der Waals surface area contributed by atoms with Crippen LogP contribution in [0.4, 0.5) is 0 Å². The summed E-state index contributed by atoms with van der Waals surface area (Å²) in [5.74, 6) is 0.103. The minimum atomic E-state index is -0.222. The summed E-state index contributed by atoms with van der Waals surface area (Å²) in [5, 5.41) is 0. The van der Waals surface area contributed by atoms with Crippen LogP contribution >= 0.6 is 11.6 Å². The van der Waals surface area contributed by atoms with Gasteiger partial charge in [-0.1, -0.05) is 24.4 Å². The van der Waals surface area contributed by atoms with Gasteiger partial charge in [0.2, 0.25) is 0 Å². The van der Waals surface area contributed by atoms with Crippen molar-refractivity contribution in [2.45, 2.75) is 38.7 Å². The first-order valence-corrected chi connectivity index (χ1v) is 5.58. The average Bonchev–Trinajstić information content (AvgIpc) is 2.17. The molecule has 0 spiro atoms. The third kappa shape index (κ3) is 3.84. The normalized spacial score (nSPS) is 27.3. The molecule has 1 rings (SSSR count). The molecule has 1 aliphatic rings. The van der Waals surface area contributed by atoms with Crippen LogP contribution in [0.1, 0.15) is 32.6 Å². The molecule has 1 aliphatic carbocycles. The van der Waals surface area contributed by atoms with E-state index in [-0.39, 0.29) is 18.1 Å². The van der Waals surface area contributed by atoms with E-state index in [1.807, 2.05) is 0 Å². The first kappa shape index (κ1) is 11.8. The monoisotopic (exact) mass is 220 g/mol. The quantitative estimate of drug-likeness (QED) is 0.539. The van der Waals surface area contributed by atoms with Gasteiger partial charge in [0.15, 0.2) is 0 Å². The Bertz CT molecular complexity index is 182. The molecule has 0 aromatic heterocycles. The van der Waals surface area contributed by atoms with E-state index in [9.17, 15) is 4.79 Å². The first-order chi connectivity index (χ1) is 6.74. The van der Waals surface area contributed by atoms with Crippen molar-refractivity contribution in [2.75, 3.05) is 12.7 Å². The summed E-state index contributed by atoms with van der Waals surface area (Å²) < 4.78 is 10.4. The molecule has 0 aromatic rings. The molecule has 0 aliphatic heterocycles. The van der Waals surface area contributed by atoms with Gasteiger partial charge in [0.05, 0.1) is 12.7 Å². The van der Waals surface area contributed by atoms with E-state index in [1.165, 1.54) is 19.8 Å². The van der Waals surface area contributed by atoms with Gasteiger partial charge in [-0.3, -0.25) is 4.79 Å². The Morgan fingerprint density at radius 3 is 2.79 bits per heavy atom. The summed E-state index contributed by atoms with van der Waals surface area (Å²) in [5.41, 5.74) is 0.